The van der Waals surface area contributed by atoms with Crippen LogP contribution in [0.25, 0.3) is 0 Å². The molecule has 25 heavy (non-hydrogen) atoms. The lowest BCUT2D eigenvalue weighted by atomic mass is 9.94. The third-order valence-electron chi connectivity index (χ3n) is 3.93. The van der Waals surface area contributed by atoms with E-state index in [4.69, 9.17) is 4.42 Å². The summed E-state index contributed by atoms with van der Waals surface area (Å²) in [5.74, 6) is 2.13. The first kappa shape index (κ1) is 19.0. The van der Waals surface area contributed by atoms with Gasteiger partial charge in [-0.3, -0.25) is 4.99 Å². The quantitative estimate of drug-likeness (QED) is 0.554. The van der Waals surface area contributed by atoms with E-state index >= 15 is 0 Å². The Balaban J connectivity index is 1.87. The fraction of sp³-hybridized carbons (Fsp3) is 0.474. The number of hydrogen-bond acceptors (Lipinski definition) is 4. The Labute approximate surface area is 149 Å². The van der Waals surface area contributed by atoms with Crippen molar-refractivity contribution in [2.75, 3.05) is 20.2 Å². The number of guanidine groups is 1. The zero-order chi connectivity index (χ0) is 18.3. The number of nitrogens with zero attached hydrogens (tertiary/aromatic N) is 2. The van der Waals surface area contributed by atoms with Gasteiger partial charge >= 0.3 is 0 Å². The van der Waals surface area contributed by atoms with E-state index in [0.29, 0.717) is 24.9 Å². The minimum atomic E-state index is -0.0603. The van der Waals surface area contributed by atoms with E-state index in [0.717, 1.165) is 11.3 Å². The van der Waals surface area contributed by atoms with Crippen LogP contribution >= 0.6 is 0 Å². The van der Waals surface area contributed by atoms with E-state index in [1.807, 2.05) is 30.3 Å². The first-order chi connectivity index (χ1) is 11.9. The summed E-state index contributed by atoms with van der Waals surface area (Å²) in [4.78, 5) is 8.50. The Morgan fingerprint density at radius 2 is 1.96 bits per heavy atom. The predicted octanol–water partition coefficient (Wildman–Crippen LogP) is 2.41. The molecule has 0 radical (unpaired) electrons. The van der Waals surface area contributed by atoms with Crippen molar-refractivity contribution in [1.82, 2.24) is 15.6 Å². The number of rotatable bonds is 6. The Morgan fingerprint density at radius 3 is 2.52 bits per heavy atom. The first-order valence-electron chi connectivity index (χ1n) is 8.49. The highest BCUT2D eigenvalue weighted by atomic mass is 16.4. The van der Waals surface area contributed by atoms with E-state index in [1.165, 1.54) is 0 Å². The van der Waals surface area contributed by atoms with Gasteiger partial charge in [-0.25, -0.2) is 4.98 Å². The summed E-state index contributed by atoms with van der Waals surface area (Å²) in [5.41, 5.74) is 1.03. The molecule has 1 unspecified atom stereocenters. The van der Waals surface area contributed by atoms with Gasteiger partial charge in [0.15, 0.2) is 5.96 Å². The van der Waals surface area contributed by atoms with Crippen molar-refractivity contribution in [3.05, 3.63) is 53.7 Å². The van der Waals surface area contributed by atoms with Gasteiger partial charge in [0.2, 0.25) is 5.89 Å². The molecular weight excluding hydrogens is 316 g/mol. The molecule has 0 aliphatic heterocycles. The molecule has 0 spiro atoms. The van der Waals surface area contributed by atoms with E-state index in [9.17, 15) is 5.11 Å². The zero-order valence-corrected chi connectivity index (χ0v) is 15.4. The third-order valence-corrected chi connectivity index (χ3v) is 3.93. The van der Waals surface area contributed by atoms with Gasteiger partial charge in [0, 0.05) is 24.9 Å². The van der Waals surface area contributed by atoms with Crippen LogP contribution in [0.4, 0.5) is 0 Å². The highest BCUT2D eigenvalue weighted by Crippen LogP contribution is 2.22. The summed E-state index contributed by atoms with van der Waals surface area (Å²) in [6, 6.07) is 9.94. The molecule has 0 aliphatic rings. The monoisotopic (exact) mass is 344 g/mol. The number of oxazole rings is 1. The van der Waals surface area contributed by atoms with E-state index < -0.39 is 0 Å². The average Bonchev–Trinajstić information content (AvgIpc) is 3.08. The Kier molecular flexibility index (Phi) is 6.58. The standard InChI is InChI=1S/C19H28N4O2/c1-19(2,3)16-11-21-17(25-16)12-23-18(20-4)22-10-15(13-24)14-8-6-5-7-9-14/h5-9,11,15,24H,10,12-13H2,1-4H3,(H2,20,22,23). The second kappa shape index (κ2) is 8.67. The first-order valence-corrected chi connectivity index (χ1v) is 8.49. The summed E-state index contributed by atoms with van der Waals surface area (Å²) in [5, 5.41) is 16.0. The molecule has 1 aromatic heterocycles. The lowest BCUT2D eigenvalue weighted by molar-refractivity contribution is 0.265. The van der Waals surface area contributed by atoms with Crippen molar-refractivity contribution in [3.63, 3.8) is 0 Å². The van der Waals surface area contributed by atoms with Crippen LogP contribution in [-0.4, -0.2) is 36.2 Å². The van der Waals surface area contributed by atoms with Gasteiger partial charge in [-0.15, -0.1) is 0 Å². The van der Waals surface area contributed by atoms with Gasteiger partial charge in [-0.05, 0) is 5.56 Å². The van der Waals surface area contributed by atoms with Gasteiger partial charge in [-0.2, -0.15) is 0 Å². The van der Waals surface area contributed by atoms with E-state index in [1.54, 1.807) is 13.2 Å². The summed E-state index contributed by atoms with van der Waals surface area (Å²) >= 11 is 0. The summed E-state index contributed by atoms with van der Waals surface area (Å²) in [6.07, 6.45) is 1.77. The van der Waals surface area contributed by atoms with Crippen LogP contribution in [0.3, 0.4) is 0 Å². The van der Waals surface area contributed by atoms with Crippen LogP contribution in [0.5, 0.6) is 0 Å². The Morgan fingerprint density at radius 1 is 1.24 bits per heavy atom. The maximum atomic E-state index is 9.63. The smallest absolute Gasteiger partial charge is 0.213 e. The molecule has 136 valence electrons. The number of aliphatic hydroxyl groups is 1. The molecule has 2 aromatic rings. The normalized spacial score (nSPS) is 13.6. The van der Waals surface area contributed by atoms with E-state index in [2.05, 4.69) is 41.4 Å². The Bertz CT molecular complexity index is 674. The van der Waals surface area contributed by atoms with Gasteiger partial charge in [0.25, 0.3) is 0 Å². The van der Waals surface area contributed by atoms with Crippen LogP contribution in [-0.2, 0) is 12.0 Å². The number of benzene rings is 1. The third kappa shape index (κ3) is 5.60. The van der Waals surface area contributed by atoms with Crippen molar-refractivity contribution >= 4 is 5.96 Å². The van der Waals surface area contributed by atoms with Gasteiger partial charge in [-0.1, -0.05) is 51.1 Å². The lowest BCUT2D eigenvalue weighted by Gasteiger charge is -2.17. The van der Waals surface area contributed by atoms with Crippen LogP contribution in [0, 0.1) is 0 Å². The minimum absolute atomic E-state index is 0.00832. The minimum Gasteiger partial charge on any atom is -0.443 e. The number of hydrogen-bond donors (Lipinski definition) is 3. The lowest BCUT2D eigenvalue weighted by Crippen LogP contribution is -2.39. The molecule has 0 amide bonds. The summed E-state index contributed by atoms with van der Waals surface area (Å²) in [7, 11) is 1.71. The van der Waals surface area contributed by atoms with Crippen LogP contribution in [0.1, 0.15) is 43.9 Å². The molecule has 3 N–H and O–H groups in total. The molecular formula is C19H28N4O2. The molecule has 1 atom stereocenters. The van der Waals surface area contributed by atoms with Crippen molar-refractivity contribution in [2.24, 2.45) is 4.99 Å². The molecule has 2 rings (SSSR count). The number of aliphatic hydroxyl groups excluding tert-OH is 1. The van der Waals surface area contributed by atoms with Crippen molar-refractivity contribution in [2.45, 2.75) is 38.6 Å². The maximum absolute atomic E-state index is 9.63. The van der Waals surface area contributed by atoms with Crippen molar-refractivity contribution in [3.8, 4) is 0 Å². The SMILES string of the molecule is CN=C(NCc1ncc(C(C)(C)C)o1)NCC(CO)c1ccccc1. The Hall–Kier alpha value is -2.34. The largest absolute Gasteiger partial charge is 0.443 e. The second-order valence-electron chi connectivity index (χ2n) is 6.97. The average molecular weight is 344 g/mol. The molecule has 1 heterocycles. The van der Waals surface area contributed by atoms with Crippen molar-refractivity contribution in [1.29, 1.82) is 0 Å². The predicted molar refractivity (Wildman–Crippen MR) is 99.7 cm³/mol. The van der Waals surface area contributed by atoms with E-state index in [-0.39, 0.29) is 17.9 Å². The highest BCUT2D eigenvalue weighted by Gasteiger charge is 2.19. The molecule has 1 aromatic carbocycles. The van der Waals surface area contributed by atoms with Gasteiger partial charge in [0.1, 0.15) is 5.76 Å². The molecule has 0 bridgehead atoms. The fourth-order valence-electron chi connectivity index (χ4n) is 2.35. The second-order valence-corrected chi connectivity index (χ2v) is 6.97. The highest BCUT2D eigenvalue weighted by molar-refractivity contribution is 5.79. The van der Waals surface area contributed by atoms with Gasteiger partial charge in [0.05, 0.1) is 19.3 Å². The maximum Gasteiger partial charge on any atom is 0.213 e. The number of nitrogens with one attached hydrogen (secondary N) is 2. The molecule has 0 aliphatic carbocycles. The van der Waals surface area contributed by atoms with Crippen LogP contribution in [0.2, 0.25) is 0 Å². The van der Waals surface area contributed by atoms with Crippen LogP contribution in [0.15, 0.2) is 45.9 Å². The molecule has 6 heteroatoms. The number of aliphatic imine (C=N–C) groups is 1. The zero-order valence-electron chi connectivity index (χ0n) is 15.4. The summed E-state index contributed by atoms with van der Waals surface area (Å²) < 4.78 is 5.76. The topological polar surface area (TPSA) is 82.7 Å². The molecule has 6 nitrogen and oxygen atoms in total. The summed E-state index contributed by atoms with van der Waals surface area (Å²) in [6.45, 7) is 7.37. The van der Waals surface area contributed by atoms with Crippen molar-refractivity contribution < 1.29 is 9.52 Å². The molecule has 0 saturated carbocycles. The van der Waals surface area contributed by atoms with Gasteiger partial charge < -0.3 is 20.2 Å². The molecule has 0 saturated heterocycles. The fourth-order valence-corrected chi connectivity index (χ4v) is 2.35. The van der Waals surface area contributed by atoms with Crippen LogP contribution < -0.4 is 10.6 Å². The molecule has 0 fully saturated rings. The number of aromatic nitrogens is 1.